The van der Waals surface area contributed by atoms with Crippen molar-refractivity contribution in [1.29, 1.82) is 0 Å². The molecule has 9 nitrogen and oxygen atoms in total. The molecule has 4 heterocycles. The Bertz CT molecular complexity index is 1020. The predicted molar refractivity (Wildman–Crippen MR) is 133 cm³/mol. The summed E-state index contributed by atoms with van der Waals surface area (Å²) in [5.41, 5.74) is 2.14. The summed E-state index contributed by atoms with van der Waals surface area (Å²) in [5, 5.41) is 0. The standard InChI is InChI=1S/C12H11NO3.C8H12O3.C6H7N.ClH.H2O/c14-8-1-4-12(5-2-8)10-7-13-6-3-9(10)11(15)16-12;9-7-1-3-8(4-2-7)10-5-6-11-8;1-6-2-4-7-5-3-6;;/h3,6-7H,1-2,4-5H2;1-6H2;2-5H,1H3;1H;1H2. The number of Topliss-reactive ketones (excluding diaryl/α,β-unsaturated/α-hetero) is 2. The van der Waals surface area contributed by atoms with Gasteiger partial charge < -0.3 is 19.7 Å². The lowest BCUT2D eigenvalue weighted by atomic mass is 9.79. The van der Waals surface area contributed by atoms with Gasteiger partial charge >= 0.3 is 5.97 Å². The predicted octanol–water partition coefficient (Wildman–Crippen LogP) is 3.45. The summed E-state index contributed by atoms with van der Waals surface area (Å²) in [6, 6.07) is 5.63. The van der Waals surface area contributed by atoms with Crippen molar-refractivity contribution in [3.63, 3.8) is 0 Å². The molecule has 0 radical (unpaired) electrons. The smallest absolute Gasteiger partial charge is 0.339 e. The van der Waals surface area contributed by atoms with Crippen LogP contribution in [0.5, 0.6) is 0 Å². The van der Waals surface area contributed by atoms with Crippen LogP contribution in [0.3, 0.4) is 0 Å². The molecule has 2 aromatic heterocycles. The van der Waals surface area contributed by atoms with Gasteiger partial charge in [-0.15, -0.1) is 12.4 Å². The number of nitrogens with zero attached hydrogens (tertiary/aromatic N) is 2. The Labute approximate surface area is 216 Å². The van der Waals surface area contributed by atoms with Crippen molar-refractivity contribution < 1.29 is 34.1 Å². The van der Waals surface area contributed by atoms with Crippen molar-refractivity contribution in [2.75, 3.05) is 13.2 Å². The van der Waals surface area contributed by atoms with Gasteiger partial charge in [0.2, 0.25) is 0 Å². The van der Waals surface area contributed by atoms with Gasteiger partial charge in [0.15, 0.2) is 5.79 Å². The second-order valence-corrected chi connectivity index (χ2v) is 9.01. The zero-order valence-electron chi connectivity index (χ0n) is 20.4. The van der Waals surface area contributed by atoms with Gasteiger partial charge in [-0.1, -0.05) is 0 Å². The molecule has 3 fully saturated rings. The first kappa shape index (κ1) is 29.5. The lowest BCUT2D eigenvalue weighted by Crippen LogP contribution is -2.35. The fourth-order valence-electron chi connectivity index (χ4n) is 4.65. The van der Waals surface area contributed by atoms with Gasteiger partial charge in [0.05, 0.1) is 18.8 Å². The molecule has 2 spiro atoms. The summed E-state index contributed by atoms with van der Waals surface area (Å²) < 4.78 is 16.4. The average molecular weight is 521 g/mol. The number of hydrogen-bond acceptors (Lipinski definition) is 8. The highest BCUT2D eigenvalue weighted by Gasteiger charge is 2.47. The number of halogens is 1. The third-order valence-corrected chi connectivity index (χ3v) is 6.67. The number of ketones is 2. The van der Waals surface area contributed by atoms with Crippen molar-refractivity contribution in [3.8, 4) is 0 Å². The molecule has 2 aliphatic carbocycles. The first-order chi connectivity index (χ1) is 16.4. The van der Waals surface area contributed by atoms with Crippen LogP contribution in [-0.4, -0.2) is 52.0 Å². The number of pyridine rings is 2. The van der Waals surface area contributed by atoms with Gasteiger partial charge in [-0.2, -0.15) is 0 Å². The van der Waals surface area contributed by atoms with Crippen LogP contribution >= 0.6 is 12.4 Å². The molecule has 2 aliphatic heterocycles. The minimum Gasteiger partial charge on any atom is -0.450 e. The summed E-state index contributed by atoms with van der Waals surface area (Å²) in [4.78, 5) is 41.7. The lowest BCUT2D eigenvalue weighted by molar-refractivity contribution is -0.179. The van der Waals surface area contributed by atoms with E-state index in [0.717, 1.165) is 18.4 Å². The molecular formula is C26H33ClN2O7. The molecule has 0 amide bonds. The van der Waals surface area contributed by atoms with Gasteiger partial charge in [-0.25, -0.2) is 4.79 Å². The highest BCUT2D eigenvalue weighted by atomic mass is 35.5. The molecule has 6 rings (SSSR count). The largest absolute Gasteiger partial charge is 0.450 e. The third-order valence-electron chi connectivity index (χ3n) is 6.67. The number of aryl methyl sites for hydroxylation is 1. The van der Waals surface area contributed by atoms with E-state index in [9.17, 15) is 14.4 Å². The topological polar surface area (TPSA) is 136 Å². The van der Waals surface area contributed by atoms with Crippen molar-refractivity contribution in [1.82, 2.24) is 9.97 Å². The molecule has 0 bridgehead atoms. The van der Waals surface area contributed by atoms with Crippen LogP contribution in [0.25, 0.3) is 0 Å². The monoisotopic (exact) mass is 520 g/mol. The van der Waals surface area contributed by atoms with E-state index in [1.165, 1.54) is 5.56 Å². The van der Waals surface area contributed by atoms with E-state index < -0.39 is 5.60 Å². The summed E-state index contributed by atoms with van der Waals surface area (Å²) >= 11 is 0. The fourth-order valence-corrected chi connectivity index (χ4v) is 4.65. The summed E-state index contributed by atoms with van der Waals surface area (Å²) in [6.07, 6.45) is 11.8. The third kappa shape index (κ3) is 6.94. The SMILES string of the molecule is Cc1ccncc1.Cl.O.O=C1CCC2(CC1)OC(=O)c1ccncc12.O=C1CCC2(CC1)OCCO2. The van der Waals surface area contributed by atoms with Crippen molar-refractivity contribution in [2.24, 2.45) is 0 Å². The van der Waals surface area contributed by atoms with Crippen LogP contribution in [0, 0.1) is 6.92 Å². The van der Waals surface area contributed by atoms with Crippen LogP contribution < -0.4 is 0 Å². The second-order valence-electron chi connectivity index (χ2n) is 9.01. The number of carbonyl (C=O) groups is 3. The fraction of sp³-hybridized carbons (Fsp3) is 0.500. The van der Waals surface area contributed by atoms with Crippen LogP contribution in [0.1, 0.15) is 72.9 Å². The molecule has 2 aromatic rings. The Morgan fingerprint density at radius 3 is 1.83 bits per heavy atom. The summed E-state index contributed by atoms with van der Waals surface area (Å²) in [6.45, 7) is 3.42. The van der Waals surface area contributed by atoms with Crippen LogP contribution in [0.4, 0.5) is 0 Å². The Balaban J connectivity index is 0.000000200. The van der Waals surface area contributed by atoms with Gasteiger partial charge in [-0.3, -0.25) is 19.6 Å². The highest BCUT2D eigenvalue weighted by Crippen LogP contribution is 2.45. The molecule has 36 heavy (non-hydrogen) atoms. The minimum atomic E-state index is -0.575. The summed E-state index contributed by atoms with van der Waals surface area (Å²) in [5.74, 6) is -0.0611. The maximum atomic E-state index is 11.7. The maximum Gasteiger partial charge on any atom is 0.339 e. The molecule has 10 heteroatoms. The number of aromatic nitrogens is 2. The molecule has 0 atom stereocenters. The molecule has 4 aliphatic rings. The molecular weight excluding hydrogens is 488 g/mol. The maximum absolute atomic E-state index is 11.7. The second kappa shape index (κ2) is 13.0. The van der Waals surface area contributed by atoms with E-state index in [0.29, 0.717) is 63.1 Å². The average Bonchev–Trinajstić information content (AvgIpc) is 3.43. The van der Waals surface area contributed by atoms with Gasteiger partial charge in [0.1, 0.15) is 17.2 Å². The number of hydrogen-bond donors (Lipinski definition) is 0. The van der Waals surface area contributed by atoms with E-state index in [-0.39, 0.29) is 35.4 Å². The zero-order chi connectivity index (χ0) is 24.0. The van der Waals surface area contributed by atoms with Gasteiger partial charge in [0, 0.05) is 68.9 Å². The van der Waals surface area contributed by atoms with E-state index >= 15 is 0 Å². The number of fused-ring (bicyclic) bond motifs is 2. The number of esters is 1. The van der Waals surface area contributed by atoms with E-state index in [2.05, 4.69) is 9.97 Å². The van der Waals surface area contributed by atoms with E-state index in [1.54, 1.807) is 30.9 Å². The van der Waals surface area contributed by atoms with Crippen LogP contribution in [0.2, 0.25) is 0 Å². The molecule has 2 saturated carbocycles. The lowest BCUT2D eigenvalue weighted by Gasteiger charge is -2.31. The highest BCUT2D eigenvalue weighted by molar-refractivity contribution is 5.95. The number of carbonyl (C=O) groups excluding carboxylic acids is 3. The van der Waals surface area contributed by atoms with Gasteiger partial charge in [-0.05, 0) is 43.5 Å². The Kier molecular flexibility index (Phi) is 10.7. The van der Waals surface area contributed by atoms with Crippen molar-refractivity contribution >= 4 is 29.9 Å². The first-order valence-corrected chi connectivity index (χ1v) is 11.8. The normalized spacial score (nSPS) is 20.5. The van der Waals surface area contributed by atoms with Crippen molar-refractivity contribution in [2.45, 2.75) is 69.7 Å². The van der Waals surface area contributed by atoms with Crippen LogP contribution in [-0.2, 0) is 29.4 Å². The summed E-state index contributed by atoms with van der Waals surface area (Å²) in [7, 11) is 0. The molecule has 1 saturated heterocycles. The van der Waals surface area contributed by atoms with Crippen LogP contribution in [0.15, 0.2) is 43.0 Å². The zero-order valence-corrected chi connectivity index (χ0v) is 21.2. The quantitative estimate of drug-likeness (QED) is 0.482. The Morgan fingerprint density at radius 1 is 0.778 bits per heavy atom. The molecule has 196 valence electrons. The molecule has 2 N–H and O–H groups in total. The molecule has 0 unspecified atom stereocenters. The van der Waals surface area contributed by atoms with E-state index in [1.807, 2.05) is 19.1 Å². The van der Waals surface area contributed by atoms with E-state index in [4.69, 9.17) is 14.2 Å². The Morgan fingerprint density at radius 2 is 1.31 bits per heavy atom. The molecule has 0 aromatic carbocycles. The van der Waals surface area contributed by atoms with Gasteiger partial charge in [0.25, 0.3) is 0 Å². The van der Waals surface area contributed by atoms with Crippen molar-refractivity contribution in [3.05, 3.63) is 59.7 Å². The number of ether oxygens (including phenoxy) is 3. The first-order valence-electron chi connectivity index (χ1n) is 11.8. The number of rotatable bonds is 0. The minimum absolute atomic E-state index is 0. The Hall–Kier alpha value is -2.72.